The van der Waals surface area contributed by atoms with Crippen LogP contribution in [0.1, 0.15) is 34.8 Å². The number of benzene rings is 2. The first-order chi connectivity index (χ1) is 13.0. The van der Waals surface area contributed by atoms with E-state index in [1.807, 2.05) is 37.3 Å². The summed E-state index contributed by atoms with van der Waals surface area (Å²) in [5, 5.41) is 6.27. The number of hydrogen-bond donors (Lipinski definition) is 2. The van der Waals surface area contributed by atoms with Crippen molar-refractivity contribution in [3.63, 3.8) is 0 Å². The summed E-state index contributed by atoms with van der Waals surface area (Å²) in [7, 11) is 3.31. The number of ether oxygens (including phenoxy) is 2. The lowest BCUT2D eigenvalue weighted by Gasteiger charge is -2.21. The predicted molar refractivity (Wildman–Crippen MR) is 112 cm³/mol. The summed E-state index contributed by atoms with van der Waals surface area (Å²) in [6.45, 7) is 4.05. The number of aryl methyl sites for hydroxylation is 1. The Labute approximate surface area is 166 Å². The van der Waals surface area contributed by atoms with E-state index in [4.69, 9.17) is 21.7 Å². The van der Waals surface area contributed by atoms with Crippen LogP contribution < -0.4 is 20.1 Å². The molecule has 0 aromatic heterocycles. The molecule has 2 aromatic carbocycles. The number of amides is 1. The molecule has 144 valence electrons. The van der Waals surface area contributed by atoms with E-state index >= 15 is 0 Å². The van der Waals surface area contributed by atoms with Gasteiger partial charge in [0.15, 0.2) is 5.11 Å². The molecule has 6 heteroatoms. The van der Waals surface area contributed by atoms with Crippen LogP contribution in [0.3, 0.4) is 0 Å². The number of thiocarbonyl (C=S) groups is 1. The highest BCUT2D eigenvalue weighted by Crippen LogP contribution is 2.29. The first-order valence-corrected chi connectivity index (χ1v) is 9.27. The largest absolute Gasteiger partial charge is 0.496 e. The molecule has 2 rings (SSSR count). The molecule has 2 aromatic rings. The lowest BCUT2D eigenvalue weighted by molar-refractivity contribution is 0.0976. The maximum atomic E-state index is 12.2. The third kappa shape index (κ3) is 5.69. The van der Waals surface area contributed by atoms with Crippen molar-refractivity contribution in [1.82, 2.24) is 10.6 Å². The van der Waals surface area contributed by atoms with Crippen molar-refractivity contribution in [3.8, 4) is 11.5 Å². The molecule has 0 aliphatic rings. The van der Waals surface area contributed by atoms with Crippen molar-refractivity contribution in [2.24, 2.45) is 0 Å². The average Bonchev–Trinajstić information content (AvgIpc) is 2.68. The molecule has 0 spiro atoms. The van der Waals surface area contributed by atoms with Gasteiger partial charge in [-0.3, -0.25) is 10.1 Å². The minimum Gasteiger partial charge on any atom is -0.496 e. The summed E-state index contributed by atoms with van der Waals surface area (Å²) in [4.78, 5) is 12.2. The highest BCUT2D eigenvalue weighted by atomic mass is 32.1. The zero-order valence-corrected chi connectivity index (χ0v) is 17.0. The highest BCUT2D eigenvalue weighted by molar-refractivity contribution is 7.80. The second kappa shape index (κ2) is 9.92. The second-order valence-corrected chi connectivity index (χ2v) is 6.64. The topological polar surface area (TPSA) is 59.6 Å². The van der Waals surface area contributed by atoms with E-state index in [0.717, 1.165) is 29.0 Å². The fourth-order valence-corrected chi connectivity index (χ4v) is 3.08. The number of nitrogens with one attached hydrogen (secondary N) is 2. The summed E-state index contributed by atoms with van der Waals surface area (Å²) in [6, 6.07) is 13.0. The second-order valence-electron chi connectivity index (χ2n) is 6.24. The van der Waals surface area contributed by atoms with Gasteiger partial charge >= 0.3 is 0 Å². The summed E-state index contributed by atoms with van der Waals surface area (Å²) in [6.07, 6.45) is 1.53. The van der Waals surface area contributed by atoms with Crippen molar-refractivity contribution >= 4 is 23.2 Å². The molecule has 0 bridgehead atoms. The minimum absolute atomic E-state index is 0.0508. The molecule has 5 nitrogen and oxygen atoms in total. The molecule has 1 atom stereocenters. The molecule has 0 radical (unpaired) electrons. The molecule has 1 amide bonds. The molecule has 0 saturated heterocycles. The van der Waals surface area contributed by atoms with E-state index in [1.54, 1.807) is 26.4 Å². The molecule has 0 heterocycles. The van der Waals surface area contributed by atoms with E-state index in [2.05, 4.69) is 17.6 Å². The summed E-state index contributed by atoms with van der Waals surface area (Å²) in [5.41, 5.74) is 2.61. The van der Waals surface area contributed by atoms with Gasteiger partial charge in [-0.25, -0.2) is 0 Å². The van der Waals surface area contributed by atoms with Crippen molar-refractivity contribution in [1.29, 1.82) is 0 Å². The van der Waals surface area contributed by atoms with Gasteiger partial charge in [0, 0.05) is 11.6 Å². The van der Waals surface area contributed by atoms with Crippen LogP contribution in [-0.4, -0.2) is 31.3 Å². The van der Waals surface area contributed by atoms with Gasteiger partial charge in [-0.05, 0) is 67.4 Å². The molecular weight excluding hydrogens is 360 g/mol. The normalized spacial score (nSPS) is 11.4. The van der Waals surface area contributed by atoms with Crippen LogP contribution in [-0.2, 0) is 6.42 Å². The zero-order chi connectivity index (χ0) is 19.8. The fraction of sp³-hybridized carbons (Fsp3) is 0.333. The van der Waals surface area contributed by atoms with Gasteiger partial charge in [-0.15, -0.1) is 0 Å². The molecule has 0 fully saturated rings. The van der Waals surface area contributed by atoms with Crippen molar-refractivity contribution in [3.05, 3.63) is 59.2 Å². The maximum absolute atomic E-state index is 12.2. The summed E-state index contributed by atoms with van der Waals surface area (Å²) >= 11 is 5.32. The van der Waals surface area contributed by atoms with Crippen molar-refractivity contribution < 1.29 is 14.3 Å². The Balaban J connectivity index is 2.05. The number of carbonyl (C=O) groups is 1. The Kier molecular flexibility index (Phi) is 7.61. The van der Waals surface area contributed by atoms with Crippen LogP contribution in [0.15, 0.2) is 42.5 Å². The Morgan fingerprint density at radius 1 is 1.11 bits per heavy atom. The van der Waals surface area contributed by atoms with Crippen molar-refractivity contribution in [2.75, 3.05) is 14.2 Å². The Hall–Kier alpha value is -2.60. The first kappa shape index (κ1) is 20.7. The average molecular weight is 387 g/mol. The summed E-state index contributed by atoms with van der Waals surface area (Å²) in [5.74, 6) is 1.41. The number of rotatable bonds is 7. The van der Waals surface area contributed by atoms with Gasteiger partial charge < -0.3 is 14.8 Å². The SMILES string of the molecule is CC[C@@H](Cc1cc(OC)c(C)cc1OC)NC(=S)NC(=O)c1ccccc1. The third-order valence-corrected chi connectivity index (χ3v) is 4.58. The zero-order valence-electron chi connectivity index (χ0n) is 16.2. The van der Waals surface area contributed by atoms with Gasteiger partial charge in [0.05, 0.1) is 14.2 Å². The smallest absolute Gasteiger partial charge is 0.257 e. The lowest BCUT2D eigenvalue weighted by Crippen LogP contribution is -2.45. The Morgan fingerprint density at radius 3 is 2.37 bits per heavy atom. The van der Waals surface area contributed by atoms with E-state index in [0.29, 0.717) is 17.1 Å². The quantitative estimate of drug-likeness (QED) is 0.712. The Morgan fingerprint density at radius 2 is 1.78 bits per heavy atom. The van der Waals surface area contributed by atoms with Crippen LogP contribution in [0.25, 0.3) is 0 Å². The first-order valence-electron chi connectivity index (χ1n) is 8.86. The van der Waals surface area contributed by atoms with E-state index in [1.165, 1.54) is 0 Å². The number of hydrogen-bond acceptors (Lipinski definition) is 4. The molecule has 0 unspecified atom stereocenters. The van der Waals surface area contributed by atoms with Crippen LogP contribution in [0.4, 0.5) is 0 Å². The van der Waals surface area contributed by atoms with Crippen molar-refractivity contribution in [2.45, 2.75) is 32.7 Å². The predicted octanol–water partition coefficient (Wildman–Crippen LogP) is 3.64. The summed E-state index contributed by atoms with van der Waals surface area (Å²) < 4.78 is 10.9. The van der Waals surface area contributed by atoms with Gasteiger partial charge in [-0.1, -0.05) is 25.1 Å². The lowest BCUT2D eigenvalue weighted by atomic mass is 10.0. The van der Waals surface area contributed by atoms with Crippen LogP contribution >= 0.6 is 12.2 Å². The third-order valence-electron chi connectivity index (χ3n) is 4.36. The number of methoxy groups -OCH3 is 2. The molecule has 0 aliphatic carbocycles. The minimum atomic E-state index is -0.225. The van der Waals surface area contributed by atoms with E-state index < -0.39 is 0 Å². The highest BCUT2D eigenvalue weighted by Gasteiger charge is 2.16. The van der Waals surface area contributed by atoms with Gasteiger partial charge in [0.1, 0.15) is 11.5 Å². The molecule has 2 N–H and O–H groups in total. The fourth-order valence-electron chi connectivity index (χ4n) is 2.82. The van der Waals surface area contributed by atoms with Crippen LogP contribution in [0.5, 0.6) is 11.5 Å². The Bertz CT molecular complexity index is 794. The monoisotopic (exact) mass is 386 g/mol. The van der Waals surface area contributed by atoms with Gasteiger partial charge in [0.25, 0.3) is 5.91 Å². The van der Waals surface area contributed by atoms with Crippen LogP contribution in [0, 0.1) is 6.92 Å². The molecular formula is C21H26N2O3S. The molecule has 27 heavy (non-hydrogen) atoms. The standard InChI is InChI=1S/C21H26N2O3S/c1-5-17(12-16-13-18(25-3)14(2)11-19(16)26-4)22-21(27)23-20(24)15-9-7-6-8-10-15/h6-11,13,17H,5,12H2,1-4H3,(H2,22,23,24,27)/t17-/m0/s1. The van der Waals surface area contributed by atoms with E-state index in [-0.39, 0.29) is 11.9 Å². The number of carbonyl (C=O) groups excluding carboxylic acids is 1. The molecule has 0 saturated carbocycles. The molecule has 0 aliphatic heterocycles. The van der Waals surface area contributed by atoms with Crippen LogP contribution in [0.2, 0.25) is 0 Å². The maximum Gasteiger partial charge on any atom is 0.257 e. The van der Waals surface area contributed by atoms with E-state index in [9.17, 15) is 4.79 Å². The van der Waals surface area contributed by atoms with Gasteiger partial charge in [0.2, 0.25) is 0 Å². The van der Waals surface area contributed by atoms with Gasteiger partial charge in [-0.2, -0.15) is 0 Å².